The van der Waals surface area contributed by atoms with E-state index in [1.165, 1.54) is 0 Å². The molecular weight excluding hydrogens is 320 g/mol. The molecule has 6 nitrogen and oxygen atoms in total. The quantitative estimate of drug-likeness (QED) is 0.730. The zero-order chi connectivity index (χ0) is 17.6. The number of benzene rings is 1. The van der Waals surface area contributed by atoms with Crippen molar-refractivity contribution in [2.45, 2.75) is 13.0 Å². The maximum absolute atomic E-state index is 12.9. The molecule has 0 saturated carbocycles. The minimum atomic E-state index is 0.0831. The third-order valence-electron chi connectivity index (χ3n) is 5.01. The Labute approximate surface area is 149 Å². The molecule has 1 aromatic rings. The minimum Gasteiger partial charge on any atom is -0.491 e. The van der Waals surface area contributed by atoms with Gasteiger partial charge in [0.2, 0.25) is 0 Å². The van der Waals surface area contributed by atoms with Crippen LogP contribution in [0.25, 0.3) is 0 Å². The summed E-state index contributed by atoms with van der Waals surface area (Å²) in [6.07, 6.45) is 0. The average Bonchev–Trinajstić information content (AvgIpc) is 3.04. The second-order valence-corrected chi connectivity index (χ2v) is 6.77. The van der Waals surface area contributed by atoms with Gasteiger partial charge in [0.25, 0.3) is 5.91 Å². The Bertz CT molecular complexity index is 574. The van der Waals surface area contributed by atoms with Crippen molar-refractivity contribution in [2.75, 3.05) is 59.7 Å². The van der Waals surface area contributed by atoms with E-state index < -0.39 is 0 Å². The van der Waals surface area contributed by atoms with Gasteiger partial charge in [-0.2, -0.15) is 0 Å². The van der Waals surface area contributed by atoms with E-state index in [9.17, 15) is 4.79 Å². The van der Waals surface area contributed by atoms with Gasteiger partial charge < -0.3 is 19.1 Å². The molecule has 1 amide bonds. The molecule has 2 saturated heterocycles. The second kappa shape index (κ2) is 8.65. The summed E-state index contributed by atoms with van der Waals surface area (Å²) in [5.74, 6) is 1.27. The van der Waals surface area contributed by atoms with Gasteiger partial charge in [0.15, 0.2) is 0 Å². The Kier molecular flexibility index (Phi) is 6.29. The fraction of sp³-hybridized carbons (Fsp3) is 0.632. The fourth-order valence-corrected chi connectivity index (χ4v) is 3.64. The van der Waals surface area contributed by atoms with E-state index in [2.05, 4.69) is 11.8 Å². The lowest BCUT2D eigenvalue weighted by Gasteiger charge is -2.34. The highest BCUT2D eigenvalue weighted by Gasteiger charge is 2.36. The molecule has 0 aliphatic carbocycles. The third-order valence-corrected chi connectivity index (χ3v) is 5.01. The molecule has 0 unspecified atom stereocenters. The molecule has 0 aromatic heterocycles. The monoisotopic (exact) mass is 348 g/mol. The third kappa shape index (κ3) is 4.51. The van der Waals surface area contributed by atoms with Crippen LogP contribution in [0.15, 0.2) is 24.3 Å². The van der Waals surface area contributed by atoms with Crippen LogP contribution >= 0.6 is 0 Å². The van der Waals surface area contributed by atoms with E-state index in [0.717, 1.165) is 39.4 Å². The van der Waals surface area contributed by atoms with Crippen LogP contribution < -0.4 is 4.74 Å². The molecule has 1 aromatic carbocycles. The van der Waals surface area contributed by atoms with Crippen LogP contribution in [0.5, 0.6) is 5.75 Å². The Morgan fingerprint density at radius 3 is 2.80 bits per heavy atom. The van der Waals surface area contributed by atoms with Crippen LogP contribution in [0.2, 0.25) is 0 Å². The van der Waals surface area contributed by atoms with Gasteiger partial charge in [-0.25, -0.2) is 0 Å². The first-order valence-electron chi connectivity index (χ1n) is 9.02. The van der Waals surface area contributed by atoms with E-state index >= 15 is 0 Å². The van der Waals surface area contributed by atoms with Crippen molar-refractivity contribution in [2.24, 2.45) is 5.92 Å². The van der Waals surface area contributed by atoms with Crippen LogP contribution in [0, 0.1) is 5.92 Å². The highest BCUT2D eigenvalue weighted by atomic mass is 16.5. The number of ether oxygens (including phenoxy) is 3. The van der Waals surface area contributed by atoms with Gasteiger partial charge in [0.05, 0.1) is 19.8 Å². The van der Waals surface area contributed by atoms with E-state index in [4.69, 9.17) is 14.2 Å². The van der Waals surface area contributed by atoms with Gasteiger partial charge >= 0.3 is 0 Å². The van der Waals surface area contributed by atoms with Crippen molar-refractivity contribution < 1.29 is 19.0 Å². The number of hydrogen-bond donors (Lipinski definition) is 0. The molecule has 0 bridgehead atoms. The molecule has 2 aliphatic rings. The first-order valence-corrected chi connectivity index (χ1v) is 9.02. The van der Waals surface area contributed by atoms with Crippen LogP contribution in [0.1, 0.15) is 17.3 Å². The van der Waals surface area contributed by atoms with Crippen molar-refractivity contribution in [3.8, 4) is 5.75 Å². The van der Waals surface area contributed by atoms with Crippen LogP contribution in [0.3, 0.4) is 0 Å². The Morgan fingerprint density at radius 2 is 2.04 bits per heavy atom. The Balaban J connectivity index is 1.62. The summed E-state index contributed by atoms with van der Waals surface area (Å²) in [4.78, 5) is 17.3. The summed E-state index contributed by atoms with van der Waals surface area (Å²) in [6.45, 7) is 8.33. The molecule has 0 spiro atoms. The number of amides is 1. The van der Waals surface area contributed by atoms with E-state index in [0.29, 0.717) is 36.5 Å². The standard InChI is InChI=1S/C19H28N2O4/c1-15-13-21(14-18(15)20-6-8-24-9-7-20)19(22)16-4-3-5-17(12-16)25-11-10-23-2/h3-5,12,15,18H,6-11,13-14H2,1-2H3/t15-,18+/m0/s1. The Morgan fingerprint density at radius 1 is 1.24 bits per heavy atom. The number of carbonyl (C=O) groups excluding carboxylic acids is 1. The normalized spacial score (nSPS) is 24.5. The van der Waals surface area contributed by atoms with Crippen molar-refractivity contribution in [3.63, 3.8) is 0 Å². The number of morpholine rings is 1. The van der Waals surface area contributed by atoms with E-state index in [-0.39, 0.29) is 5.91 Å². The van der Waals surface area contributed by atoms with Crippen molar-refractivity contribution in [1.29, 1.82) is 0 Å². The highest BCUT2D eigenvalue weighted by Crippen LogP contribution is 2.25. The number of nitrogens with zero attached hydrogens (tertiary/aromatic N) is 2. The topological polar surface area (TPSA) is 51.2 Å². The molecule has 2 fully saturated rings. The molecule has 6 heteroatoms. The molecule has 2 heterocycles. The van der Waals surface area contributed by atoms with Gasteiger partial charge in [-0.1, -0.05) is 13.0 Å². The second-order valence-electron chi connectivity index (χ2n) is 6.77. The zero-order valence-corrected chi connectivity index (χ0v) is 15.1. The molecule has 3 rings (SSSR count). The minimum absolute atomic E-state index is 0.0831. The lowest BCUT2D eigenvalue weighted by atomic mass is 10.0. The van der Waals surface area contributed by atoms with E-state index in [1.54, 1.807) is 7.11 Å². The van der Waals surface area contributed by atoms with Crippen LogP contribution in [0.4, 0.5) is 0 Å². The molecular formula is C19H28N2O4. The molecule has 2 atom stereocenters. The van der Waals surface area contributed by atoms with Crippen molar-refractivity contribution in [3.05, 3.63) is 29.8 Å². The van der Waals surface area contributed by atoms with E-state index in [1.807, 2.05) is 29.2 Å². The van der Waals surface area contributed by atoms with Crippen molar-refractivity contribution in [1.82, 2.24) is 9.80 Å². The fourth-order valence-electron chi connectivity index (χ4n) is 3.64. The largest absolute Gasteiger partial charge is 0.491 e. The maximum atomic E-state index is 12.9. The van der Waals surface area contributed by atoms with Crippen molar-refractivity contribution >= 4 is 5.91 Å². The SMILES string of the molecule is COCCOc1cccc(C(=O)N2C[C@@H](N3CCOCC3)[C@@H](C)C2)c1. The number of likely N-dealkylation sites (tertiary alicyclic amines) is 1. The average molecular weight is 348 g/mol. The first kappa shape index (κ1) is 18.2. The summed E-state index contributed by atoms with van der Waals surface area (Å²) in [5, 5.41) is 0. The maximum Gasteiger partial charge on any atom is 0.254 e. The number of methoxy groups -OCH3 is 1. The smallest absolute Gasteiger partial charge is 0.254 e. The predicted octanol–water partition coefficient (Wildman–Crippen LogP) is 1.50. The van der Waals surface area contributed by atoms with Gasteiger partial charge in [0, 0.05) is 44.9 Å². The summed E-state index contributed by atoms with van der Waals surface area (Å²) >= 11 is 0. The molecule has 2 aliphatic heterocycles. The molecule has 138 valence electrons. The van der Waals surface area contributed by atoms with Crippen LogP contribution in [-0.2, 0) is 9.47 Å². The summed E-state index contributed by atoms with van der Waals surface area (Å²) in [5.41, 5.74) is 0.685. The highest BCUT2D eigenvalue weighted by molar-refractivity contribution is 5.94. The summed E-state index contributed by atoms with van der Waals surface area (Å²) < 4.78 is 16.1. The Hall–Kier alpha value is -1.63. The summed E-state index contributed by atoms with van der Waals surface area (Å²) in [6, 6.07) is 7.85. The number of carbonyl (C=O) groups is 1. The predicted molar refractivity (Wildman–Crippen MR) is 95.1 cm³/mol. The first-order chi connectivity index (χ1) is 12.2. The van der Waals surface area contributed by atoms with Gasteiger partial charge in [-0.15, -0.1) is 0 Å². The molecule has 0 N–H and O–H groups in total. The van der Waals surface area contributed by atoms with Crippen LogP contribution in [-0.4, -0.2) is 81.5 Å². The zero-order valence-electron chi connectivity index (χ0n) is 15.1. The van der Waals surface area contributed by atoms with Gasteiger partial charge in [0.1, 0.15) is 12.4 Å². The summed E-state index contributed by atoms with van der Waals surface area (Å²) in [7, 11) is 1.64. The molecule has 0 radical (unpaired) electrons. The lowest BCUT2D eigenvalue weighted by Crippen LogP contribution is -2.47. The van der Waals surface area contributed by atoms with Gasteiger partial charge in [-0.05, 0) is 24.1 Å². The lowest BCUT2D eigenvalue weighted by molar-refractivity contribution is 0.0119. The number of hydrogen-bond acceptors (Lipinski definition) is 5. The molecule has 25 heavy (non-hydrogen) atoms. The number of rotatable bonds is 6. The van der Waals surface area contributed by atoms with Gasteiger partial charge in [-0.3, -0.25) is 9.69 Å².